The van der Waals surface area contributed by atoms with E-state index in [0.717, 1.165) is 6.42 Å². The van der Waals surface area contributed by atoms with Crippen molar-refractivity contribution in [1.82, 2.24) is 19.8 Å². The molecular formula is C20H20N4O3. The quantitative estimate of drug-likeness (QED) is 0.698. The van der Waals surface area contributed by atoms with Crippen LogP contribution < -0.4 is 0 Å². The maximum absolute atomic E-state index is 12.9. The molecule has 4 rings (SSSR count). The summed E-state index contributed by atoms with van der Waals surface area (Å²) in [5.74, 6) is 0.485. The van der Waals surface area contributed by atoms with Gasteiger partial charge in [0.1, 0.15) is 5.52 Å². The van der Waals surface area contributed by atoms with E-state index in [2.05, 4.69) is 9.97 Å². The van der Waals surface area contributed by atoms with Gasteiger partial charge in [0.15, 0.2) is 11.5 Å². The zero-order valence-corrected chi connectivity index (χ0v) is 15.1. The van der Waals surface area contributed by atoms with Crippen LogP contribution in [0.5, 0.6) is 0 Å². The van der Waals surface area contributed by atoms with Crippen molar-refractivity contribution >= 4 is 22.9 Å². The molecule has 0 radical (unpaired) electrons. The van der Waals surface area contributed by atoms with Crippen LogP contribution in [0.2, 0.25) is 0 Å². The number of hydrogen-bond acceptors (Lipinski definition) is 5. The largest absolute Gasteiger partial charge is 0.441 e. The van der Waals surface area contributed by atoms with Gasteiger partial charge in [-0.15, -0.1) is 0 Å². The molecule has 0 unspecified atom stereocenters. The van der Waals surface area contributed by atoms with E-state index < -0.39 is 0 Å². The van der Waals surface area contributed by atoms with Crippen molar-refractivity contribution in [3.8, 4) is 0 Å². The molecule has 27 heavy (non-hydrogen) atoms. The summed E-state index contributed by atoms with van der Waals surface area (Å²) in [7, 11) is 0. The number of aryl methyl sites for hydroxylation is 1. The van der Waals surface area contributed by atoms with Crippen molar-refractivity contribution in [3.05, 3.63) is 59.7 Å². The first-order valence-electron chi connectivity index (χ1n) is 8.97. The van der Waals surface area contributed by atoms with Crippen molar-refractivity contribution < 1.29 is 14.0 Å². The summed E-state index contributed by atoms with van der Waals surface area (Å²) in [5.41, 5.74) is 2.52. The SMILES string of the molecule is Cc1nc2cc(C(=O)N3CCCN(C(=O)c4cccnc4)CC3)ccc2o1. The first kappa shape index (κ1) is 17.2. The molecule has 3 heterocycles. The van der Waals surface area contributed by atoms with Gasteiger partial charge in [-0.05, 0) is 36.8 Å². The molecule has 0 atom stereocenters. The highest BCUT2D eigenvalue weighted by molar-refractivity contribution is 5.97. The molecule has 7 nitrogen and oxygen atoms in total. The molecule has 138 valence electrons. The zero-order chi connectivity index (χ0) is 18.8. The molecule has 0 spiro atoms. The molecule has 2 amide bonds. The number of rotatable bonds is 2. The third-order valence-corrected chi connectivity index (χ3v) is 4.72. The van der Waals surface area contributed by atoms with Gasteiger partial charge in [-0.25, -0.2) is 4.98 Å². The summed E-state index contributed by atoms with van der Waals surface area (Å²) < 4.78 is 5.47. The van der Waals surface area contributed by atoms with Crippen LogP contribution in [0.1, 0.15) is 33.0 Å². The van der Waals surface area contributed by atoms with Gasteiger partial charge in [-0.2, -0.15) is 0 Å². The van der Waals surface area contributed by atoms with Gasteiger partial charge in [0, 0.05) is 51.1 Å². The molecule has 1 aliphatic rings. The van der Waals surface area contributed by atoms with E-state index in [4.69, 9.17) is 4.42 Å². The highest BCUT2D eigenvalue weighted by atomic mass is 16.3. The van der Waals surface area contributed by atoms with Gasteiger partial charge in [-0.1, -0.05) is 0 Å². The average molecular weight is 364 g/mol. The van der Waals surface area contributed by atoms with Gasteiger partial charge in [0.2, 0.25) is 0 Å². The molecule has 1 aromatic carbocycles. The number of hydrogen-bond donors (Lipinski definition) is 0. The van der Waals surface area contributed by atoms with E-state index >= 15 is 0 Å². The number of pyridine rings is 1. The maximum Gasteiger partial charge on any atom is 0.255 e. The molecule has 2 aromatic heterocycles. The molecule has 0 saturated carbocycles. The summed E-state index contributed by atoms with van der Waals surface area (Å²) in [6.07, 6.45) is 3.96. The van der Waals surface area contributed by atoms with Crippen LogP contribution in [0.15, 0.2) is 47.1 Å². The molecule has 0 N–H and O–H groups in total. The Hall–Kier alpha value is -3.22. The van der Waals surface area contributed by atoms with Gasteiger partial charge in [0.05, 0.1) is 5.56 Å². The number of oxazole rings is 1. The number of benzene rings is 1. The first-order valence-corrected chi connectivity index (χ1v) is 8.97. The van der Waals surface area contributed by atoms with Crippen molar-refractivity contribution in [2.24, 2.45) is 0 Å². The number of nitrogens with zero attached hydrogens (tertiary/aromatic N) is 4. The van der Waals surface area contributed by atoms with Crippen molar-refractivity contribution in [1.29, 1.82) is 0 Å². The molecule has 1 aliphatic heterocycles. The van der Waals surface area contributed by atoms with E-state index in [-0.39, 0.29) is 11.8 Å². The number of carbonyl (C=O) groups is 2. The molecule has 1 saturated heterocycles. The van der Waals surface area contributed by atoms with Crippen LogP contribution in [-0.4, -0.2) is 57.8 Å². The average Bonchev–Trinajstić information content (AvgIpc) is 2.90. The third kappa shape index (κ3) is 3.53. The number of fused-ring (bicyclic) bond motifs is 1. The Balaban J connectivity index is 1.47. The molecular weight excluding hydrogens is 344 g/mol. The minimum absolute atomic E-state index is 0.0445. The Bertz CT molecular complexity index is 983. The highest BCUT2D eigenvalue weighted by Gasteiger charge is 2.24. The van der Waals surface area contributed by atoms with Gasteiger partial charge < -0.3 is 14.2 Å². The third-order valence-electron chi connectivity index (χ3n) is 4.72. The molecule has 1 fully saturated rings. The van der Waals surface area contributed by atoms with E-state index in [9.17, 15) is 9.59 Å². The van der Waals surface area contributed by atoms with Crippen LogP contribution in [-0.2, 0) is 0 Å². The highest BCUT2D eigenvalue weighted by Crippen LogP contribution is 2.19. The van der Waals surface area contributed by atoms with Crippen molar-refractivity contribution in [2.75, 3.05) is 26.2 Å². The Morgan fingerprint density at radius 3 is 2.44 bits per heavy atom. The minimum Gasteiger partial charge on any atom is -0.441 e. The van der Waals surface area contributed by atoms with Gasteiger partial charge >= 0.3 is 0 Å². The van der Waals surface area contributed by atoms with E-state index in [1.54, 1.807) is 59.4 Å². The predicted octanol–water partition coefficient (Wildman–Crippen LogP) is 2.52. The van der Waals surface area contributed by atoms with Gasteiger partial charge in [-0.3, -0.25) is 14.6 Å². The van der Waals surface area contributed by atoms with Crippen molar-refractivity contribution in [3.63, 3.8) is 0 Å². The molecule has 0 bridgehead atoms. The molecule has 0 aliphatic carbocycles. The Morgan fingerprint density at radius 2 is 1.74 bits per heavy atom. The lowest BCUT2D eigenvalue weighted by Gasteiger charge is -2.22. The van der Waals surface area contributed by atoms with E-state index in [1.165, 1.54) is 0 Å². The number of aromatic nitrogens is 2. The molecule has 3 aromatic rings. The van der Waals surface area contributed by atoms with Crippen LogP contribution in [0.3, 0.4) is 0 Å². The number of carbonyl (C=O) groups excluding carboxylic acids is 2. The van der Waals surface area contributed by atoms with Gasteiger partial charge in [0.25, 0.3) is 11.8 Å². The fraction of sp³-hybridized carbons (Fsp3) is 0.300. The maximum atomic E-state index is 12.9. The monoisotopic (exact) mass is 364 g/mol. The summed E-state index contributed by atoms with van der Waals surface area (Å²) >= 11 is 0. The van der Waals surface area contributed by atoms with Crippen molar-refractivity contribution in [2.45, 2.75) is 13.3 Å². The fourth-order valence-electron chi connectivity index (χ4n) is 3.35. The lowest BCUT2D eigenvalue weighted by atomic mass is 10.1. The summed E-state index contributed by atoms with van der Waals surface area (Å²) in [6.45, 7) is 4.03. The number of amides is 2. The zero-order valence-electron chi connectivity index (χ0n) is 15.1. The van der Waals surface area contributed by atoms with Crippen LogP contribution in [0, 0.1) is 6.92 Å². The Labute approximate surface area is 156 Å². The smallest absolute Gasteiger partial charge is 0.255 e. The Morgan fingerprint density at radius 1 is 1.00 bits per heavy atom. The second kappa shape index (κ2) is 7.19. The lowest BCUT2D eigenvalue weighted by molar-refractivity contribution is 0.0718. The predicted molar refractivity (Wildman–Crippen MR) is 99.4 cm³/mol. The standard InChI is InChI=1S/C20H20N4O3/c1-14-22-17-12-15(5-6-18(17)27-14)19(25)23-8-3-9-24(11-10-23)20(26)16-4-2-7-21-13-16/h2,4-7,12-13H,3,8-11H2,1H3. The molecule has 7 heteroatoms. The second-order valence-electron chi connectivity index (χ2n) is 6.60. The van der Waals surface area contributed by atoms with E-state index in [1.807, 2.05) is 0 Å². The second-order valence-corrected chi connectivity index (χ2v) is 6.60. The fourth-order valence-corrected chi connectivity index (χ4v) is 3.35. The van der Waals surface area contributed by atoms with Crippen LogP contribution in [0.25, 0.3) is 11.1 Å². The topological polar surface area (TPSA) is 79.5 Å². The normalized spacial score (nSPS) is 15.0. The van der Waals surface area contributed by atoms with Crippen LogP contribution in [0.4, 0.5) is 0 Å². The van der Waals surface area contributed by atoms with Crippen LogP contribution >= 0.6 is 0 Å². The summed E-state index contributed by atoms with van der Waals surface area (Å²) in [4.78, 5) is 37.4. The summed E-state index contributed by atoms with van der Waals surface area (Å²) in [6, 6.07) is 8.82. The lowest BCUT2D eigenvalue weighted by Crippen LogP contribution is -2.37. The summed E-state index contributed by atoms with van der Waals surface area (Å²) in [5, 5.41) is 0. The minimum atomic E-state index is -0.0479. The first-order chi connectivity index (χ1) is 13.1. The van der Waals surface area contributed by atoms with E-state index in [0.29, 0.717) is 54.3 Å². The Kier molecular flexibility index (Phi) is 4.58.